The predicted molar refractivity (Wildman–Crippen MR) is 75.9 cm³/mol. The zero-order valence-electron chi connectivity index (χ0n) is 11.3. The summed E-state index contributed by atoms with van der Waals surface area (Å²) in [6.45, 7) is 3.10. The van der Waals surface area contributed by atoms with Crippen molar-refractivity contribution in [3.8, 4) is 0 Å². The number of nitrogens with zero attached hydrogens (tertiary/aromatic N) is 2. The maximum atomic E-state index is 10.4. The molecule has 0 aliphatic carbocycles. The Morgan fingerprint density at radius 2 is 1.84 bits per heavy atom. The highest BCUT2D eigenvalue weighted by Crippen LogP contribution is 2.14. The van der Waals surface area contributed by atoms with Crippen molar-refractivity contribution < 1.29 is 5.11 Å². The first kappa shape index (κ1) is 14.2. The lowest BCUT2D eigenvalue weighted by Gasteiger charge is -2.28. The third kappa shape index (κ3) is 4.40. The Morgan fingerprint density at radius 3 is 2.53 bits per heavy atom. The van der Waals surface area contributed by atoms with E-state index in [0.717, 1.165) is 30.8 Å². The summed E-state index contributed by atoms with van der Waals surface area (Å²) in [6.07, 6.45) is 4.00. The minimum atomic E-state index is -0.370. The molecule has 1 heterocycles. The highest BCUT2D eigenvalue weighted by Gasteiger charge is 2.15. The van der Waals surface area contributed by atoms with Gasteiger partial charge in [-0.25, -0.2) is 0 Å². The first-order valence-electron chi connectivity index (χ1n) is 7.06. The highest BCUT2D eigenvalue weighted by molar-refractivity contribution is 5.27. The largest absolute Gasteiger partial charge is 0.391 e. The summed E-state index contributed by atoms with van der Waals surface area (Å²) in [5.74, 6) is 0. The van der Waals surface area contributed by atoms with Crippen molar-refractivity contribution in [3.63, 3.8) is 0 Å². The van der Waals surface area contributed by atoms with E-state index in [2.05, 4.69) is 10.1 Å². The van der Waals surface area contributed by atoms with Gasteiger partial charge < -0.3 is 10.0 Å². The maximum absolute atomic E-state index is 10.4. The number of aliphatic hydroxyl groups excluding tert-OH is 1. The van der Waals surface area contributed by atoms with Gasteiger partial charge in [-0.1, -0.05) is 35.9 Å². The van der Waals surface area contributed by atoms with Crippen LogP contribution in [-0.2, 0) is 13.0 Å². The lowest BCUT2D eigenvalue weighted by Crippen LogP contribution is -2.37. The number of rotatable bonds is 6. The van der Waals surface area contributed by atoms with Gasteiger partial charge in [0.15, 0.2) is 0 Å². The van der Waals surface area contributed by atoms with E-state index in [1.807, 2.05) is 24.3 Å². The van der Waals surface area contributed by atoms with E-state index in [-0.39, 0.29) is 12.6 Å². The van der Waals surface area contributed by atoms with E-state index in [1.165, 1.54) is 19.3 Å². The predicted octanol–water partition coefficient (Wildman–Crippen LogP) is 2.34. The second kappa shape index (κ2) is 7.36. The van der Waals surface area contributed by atoms with Crippen LogP contribution in [0.4, 0.5) is 0 Å². The van der Waals surface area contributed by atoms with Crippen molar-refractivity contribution in [2.75, 3.05) is 19.6 Å². The molecule has 104 valence electrons. The van der Waals surface area contributed by atoms with Crippen LogP contribution in [0.2, 0.25) is 0 Å². The van der Waals surface area contributed by atoms with E-state index in [0.29, 0.717) is 6.42 Å². The highest BCUT2D eigenvalue weighted by atomic mass is 16.3. The molecule has 2 rings (SSSR count). The Bertz CT molecular complexity index is 403. The molecule has 19 heavy (non-hydrogen) atoms. The van der Waals surface area contributed by atoms with Gasteiger partial charge in [-0.05, 0) is 43.5 Å². The third-order valence-corrected chi connectivity index (χ3v) is 3.73. The Hall–Kier alpha value is -1.26. The molecule has 1 atom stereocenters. The van der Waals surface area contributed by atoms with Gasteiger partial charge in [0.2, 0.25) is 0 Å². The summed E-state index contributed by atoms with van der Waals surface area (Å²) in [7, 11) is 0. The van der Waals surface area contributed by atoms with Gasteiger partial charge in [0, 0.05) is 6.54 Å². The zero-order chi connectivity index (χ0) is 13.5. The topological polar surface area (TPSA) is 52.9 Å². The molecule has 0 amide bonds. The van der Waals surface area contributed by atoms with Crippen molar-refractivity contribution in [1.82, 2.24) is 4.90 Å². The van der Waals surface area contributed by atoms with Crippen molar-refractivity contribution in [2.24, 2.45) is 5.18 Å². The Kier molecular flexibility index (Phi) is 5.48. The van der Waals surface area contributed by atoms with Gasteiger partial charge >= 0.3 is 0 Å². The average Bonchev–Trinajstić information content (AvgIpc) is 2.42. The van der Waals surface area contributed by atoms with Crippen molar-refractivity contribution >= 4 is 0 Å². The molecule has 1 fully saturated rings. The number of nitroso groups, excluding NO2 is 1. The molecule has 1 aromatic rings. The molecule has 1 aromatic carbocycles. The van der Waals surface area contributed by atoms with Crippen molar-refractivity contribution in [2.45, 2.75) is 38.3 Å². The molecule has 4 nitrogen and oxygen atoms in total. The van der Waals surface area contributed by atoms with Gasteiger partial charge in [-0.2, -0.15) is 4.91 Å². The van der Waals surface area contributed by atoms with Gasteiger partial charge in [-0.15, -0.1) is 0 Å². The van der Waals surface area contributed by atoms with Crippen LogP contribution in [0.15, 0.2) is 29.4 Å². The number of aliphatic hydroxyl groups is 1. The van der Waals surface area contributed by atoms with E-state index in [4.69, 9.17) is 0 Å². The second-order valence-electron chi connectivity index (χ2n) is 5.28. The molecule has 0 saturated carbocycles. The molecule has 1 unspecified atom stereocenters. The summed E-state index contributed by atoms with van der Waals surface area (Å²) in [5.41, 5.74) is 1.96. The fraction of sp³-hybridized carbons (Fsp3) is 0.600. The second-order valence-corrected chi connectivity index (χ2v) is 5.28. The number of hydrogen-bond acceptors (Lipinski definition) is 4. The van der Waals surface area contributed by atoms with Crippen LogP contribution in [0.25, 0.3) is 0 Å². The van der Waals surface area contributed by atoms with E-state index < -0.39 is 0 Å². The Balaban J connectivity index is 1.90. The third-order valence-electron chi connectivity index (χ3n) is 3.73. The Morgan fingerprint density at radius 1 is 1.16 bits per heavy atom. The van der Waals surface area contributed by atoms with Gasteiger partial charge in [0.05, 0.1) is 6.10 Å². The quantitative estimate of drug-likeness (QED) is 0.801. The molecule has 0 radical (unpaired) electrons. The van der Waals surface area contributed by atoms with Crippen LogP contribution < -0.4 is 0 Å². The average molecular weight is 262 g/mol. The first-order valence-corrected chi connectivity index (χ1v) is 7.06. The number of hydrogen-bond donors (Lipinski definition) is 1. The minimum Gasteiger partial charge on any atom is -0.391 e. The molecule has 1 aliphatic rings. The smallest absolute Gasteiger partial charge is 0.106 e. The molecular formula is C15H22N2O2. The summed E-state index contributed by atoms with van der Waals surface area (Å²) < 4.78 is 0. The zero-order valence-corrected chi connectivity index (χ0v) is 11.3. The summed E-state index contributed by atoms with van der Waals surface area (Å²) >= 11 is 0. The van der Waals surface area contributed by atoms with E-state index >= 15 is 0 Å². The van der Waals surface area contributed by atoms with Gasteiger partial charge in [-0.3, -0.25) is 0 Å². The van der Waals surface area contributed by atoms with Crippen LogP contribution in [0, 0.1) is 4.91 Å². The van der Waals surface area contributed by atoms with E-state index in [1.54, 1.807) is 0 Å². The van der Waals surface area contributed by atoms with Gasteiger partial charge in [0.1, 0.15) is 6.54 Å². The normalized spacial score (nSPS) is 18.2. The SMILES string of the molecule is O=NCc1ccccc1CC(O)CN1CCCCC1. The molecule has 4 heteroatoms. The maximum Gasteiger partial charge on any atom is 0.106 e. The standard InChI is InChI=1S/C15H22N2O2/c18-15(12-17-8-4-1-5-9-17)10-13-6-2-3-7-14(13)11-16-19/h2-3,6-7,15,18H,1,4-5,8-12H2. The first-order chi connectivity index (χ1) is 9.29. The molecular weight excluding hydrogens is 240 g/mol. The van der Waals surface area contributed by atoms with Gasteiger partial charge in [0.25, 0.3) is 0 Å². The monoisotopic (exact) mass is 262 g/mol. The summed E-state index contributed by atoms with van der Waals surface area (Å²) in [4.78, 5) is 12.7. The minimum absolute atomic E-state index is 0.187. The van der Waals surface area contributed by atoms with Crippen LogP contribution in [-0.4, -0.2) is 35.7 Å². The molecule has 0 spiro atoms. The molecule has 1 saturated heterocycles. The molecule has 0 aromatic heterocycles. The van der Waals surface area contributed by atoms with Crippen LogP contribution in [0.5, 0.6) is 0 Å². The molecule has 1 aliphatic heterocycles. The number of piperidine rings is 1. The lowest BCUT2D eigenvalue weighted by atomic mass is 10.0. The van der Waals surface area contributed by atoms with Crippen molar-refractivity contribution in [3.05, 3.63) is 40.3 Å². The number of likely N-dealkylation sites (tertiary alicyclic amines) is 1. The fourth-order valence-electron chi connectivity index (χ4n) is 2.74. The van der Waals surface area contributed by atoms with Crippen LogP contribution >= 0.6 is 0 Å². The molecule has 0 bridgehead atoms. The number of benzene rings is 1. The van der Waals surface area contributed by atoms with Crippen molar-refractivity contribution in [1.29, 1.82) is 0 Å². The number of β-amino-alcohol motifs (C(OH)–C–C–N with tert-alkyl or cyclic N) is 1. The Labute approximate surface area is 114 Å². The fourth-order valence-corrected chi connectivity index (χ4v) is 2.74. The summed E-state index contributed by atoms with van der Waals surface area (Å²) in [5, 5.41) is 13.1. The van der Waals surface area contributed by atoms with Crippen LogP contribution in [0.3, 0.4) is 0 Å². The molecule has 1 N–H and O–H groups in total. The lowest BCUT2D eigenvalue weighted by molar-refractivity contribution is 0.101. The van der Waals surface area contributed by atoms with Crippen LogP contribution in [0.1, 0.15) is 30.4 Å². The van der Waals surface area contributed by atoms with E-state index in [9.17, 15) is 10.0 Å². The summed E-state index contributed by atoms with van der Waals surface area (Å²) in [6, 6.07) is 7.72.